The minimum absolute atomic E-state index is 1.06. The number of hydrogen-bond acceptors (Lipinski definition) is 2. The second kappa shape index (κ2) is 7.03. The van der Waals surface area contributed by atoms with Crippen molar-refractivity contribution >= 4 is 16.6 Å². The van der Waals surface area contributed by atoms with Crippen LogP contribution in [0, 0.1) is 0 Å². The van der Waals surface area contributed by atoms with E-state index in [1.54, 1.807) is 0 Å². The normalized spacial score (nSPS) is 11.4. The molecule has 3 heteroatoms. The summed E-state index contributed by atoms with van der Waals surface area (Å²) in [4.78, 5) is 7.32. The molecule has 1 aromatic rings. The molecule has 122 valence electrons. The fraction of sp³-hybridized carbons (Fsp3) is 0.450. The van der Waals surface area contributed by atoms with Crippen LogP contribution in [0.5, 0.6) is 0 Å². The first kappa shape index (κ1) is 15.9. The van der Waals surface area contributed by atoms with E-state index in [2.05, 4.69) is 66.9 Å². The van der Waals surface area contributed by atoms with Gasteiger partial charge in [-0.05, 0) is 43.2 Å². The number of nitrogens with zero attached hydrogens (tertiary/aromatic N) is 3. The van der Waals surface area contributed by atoms with E-state index in [1.807, 2.05) is 0 Å². The molecular weight excluding hydrogens is 282 g/mol. The van der Waals surface area contributed by atoms with E-state index in [1.165, 1.54) is 42.3 Å². The standard InChI is InChI=1S/C20H27N3/c1-4-6-13-23(14-7-5-2)16-10-11-19-18(15-16)17-9-8-12-22(3)20(17)21-19/h8-12,15H,4-7,13-14H2,1-3H3. The molecular formula is C20H27N3. The van der Waals surface area contributed by atoms with E-state index in [0.29, 0.717) is 0 Å². The molecule has 2 heterocycles. The van der Waals surface area contributed by atoms with Gasteiger partial charge in [0, 0.05) is 43.0 Å². The fourth-order valence-corrected chi connectivity index (χ4v) is 3.17. The highest BCUT2D eigenvalue weighted by Gasteiger charge is 2.15. The topological polar surface area (TPSA) is 21.1 Å². The van der Waals surface area contributed by atoms with Gasteiger partial charge in [0.25, 0.3) is 0 Å². The molecule has 23 heavy (non-hydrogen) atoms. The van der Waals surface area contributed by atoms with Crippen LogP contribution in [0.1, 0.15) is 39.5 Å². The van der Waals surface area contributed by atoms with Gasteiger partial charge in [0.05, 0.1) is 5.52 Å². The molecule has 0 saturated heterocycles. The molecule has 3 rings (SSSR count). The Morgan fingerprint density at radius 2 is 1.78 bits per heavy atom. The van der Waals surface area contributed by atoms with Crippen LogP contribution in [0.15, 0.2) is 36.5 Å². The largest absolute Gasteiger partial charge is 0.372 e. The third-order valence-electron chi connectivity index (χ3n) is 4.57. The SMILES string of the molecule is CCCCN(CCCC)c1ccc2nc3n(C)cccc-3c2c1. The summed E-state index contributed by atoms with van der Waals surface area (Å²) in [6.07, 6.45) is 7.03. The average molecular weight is 309 g/mol. The number of anilines is 1. The first-order chi connectivity index (χ1) is 11.2. The quantitative estimate of drug-likeness (QED) is 0.606. The molecule has 0 saturated carbocycles. The molecule has 0 fully saturated rings. The second-order valence-corrected chi connectivity index (χ2v) is 6.36. The lowest BCUT2D eigenvalue weighted by molar-refractivity contribution is 0.678. The van der Waals surface area contributed by atoms with Gasteiger partial charge in [-0.1, -0.05) is 26.7 Å². The van der Waals surface area contributed by atoms with E-state index in [-0.39, 0.29) is 0 Å². The number of aryl methyl sites for hydroxylation is 1. The van der Waals surface area contributed by atoms with Crippen molar-refractivity contribution in [3.63, 3.8) is 0 Å². The Bertz CT molecular complexity index is 736. The van der Waals surface area contributed by atoms with Gasteiger partial charge in [-0.2, -0.15) is 0 Å². The predicted octanol–water partition coefficient (Wildman–Crippen LogP) is 5.08. The Kier molecular flexibility index (Phi) is 4.85. The first-order valence-corrected chi connectivity index (χ1v) is 8.84. The Hall–Kier alpha value is -2.03. The summed E-state index contributed by atoms with van der Waals surface area (Å²) in [6, 6.07) is 11.0. The summed E-state index contributed by atoms with van der Waals surface area (Å²) < 4.78 is 2.10. The fourth-order valence-electron chi connectivity index (χ4n) is 3.17. The van der Waals surface area contributed by atoms with Gasteiger partial charge in [-0.15, -0.1) is 0 Å². The summed E-state index contributed by atoms with van der Waals surface area (Å²) in [6.45, 7) is 6.80. The van der Waals surface area contributed by atoms with Gasteiger partial charge in [0.15, 0.2) is 0 Å². The van der Waals surface area contributed by atoms with E-state index in [0.717, 1.165) is 24.4 Å². The minimum atomic E-state index is 1.06. The maximum atomic E-state index is 4.78. The molecule has 3 nitrogen and oxygen atoms in total. The van der Waals surface area contributed by atoms with Gasteiger partial charge in [0.2, 0.25) is 0 Å². The maximum Gasteiger partial charge on any atom is 0.140 e. The van der Waals surface area contributed by atoms with Crippen LogP contribution in [0.25, 0.3) is 22.3 Å². The van der Waals surface area contributed by atoms with Crippen molar-refractivity contribution < 1.29 is 0 Å². The van der Waals surface area contributed by atoms with Crippen LogP contribution >= 0.6 is 0 Å². The zero-order chi connectivity index (χ0) is 16.2. The minimum Gasteiger partial charge on any atom is -0.372 e. The summed E-state index contributed by atoms with van der Waals surface area (Å²) in [7, 11) is 2.06. The van der Waals surface area contributed by atoms with Gasteiger partial charge < -0.3 is 9.47 Å². The second-order valence-electron chi connectivity index (χ2n) is 6.36. The highest BCUT2D eigenvalue weighted by molar-refractivity contribution is 5.98. The highest BCUT2D eigenvalue weighted by atomic mass is 15.1. The third kappa shape index (κ3) is 3.19. The average Bonchev–Trinajstić information content (AvgIpc) is 2.94. The van der Waals surface area contributed by atoms with Crippen molar-refractivity contribution in [2.45, 2.75) is 39.5 Å². The molecule has 0 amide bonds. The number of fused-ring (bicyclic) bond motifs is 3. The van der Waals surface area contributed by atoms with Crippen molar-refractivity contribution in [2.75, 3.05) is 18.0 Å². The number of aromatic nitrogens is 2. The molecule has 0 spiro atoms. The van der Waals surface area contributed by atoms with Gasteiger partial charge in [-0.3, -0.25) is 0 Å². The van der Waals surface area contributed by atoms with Crippen LogP contribution in [-0.2, 0) is 7.05 Å². The number of pyridine rings is 1. The van der Waals surface area contributed by atoms with Crippen LogP contribution in [0.2, 0.25) is 0 Å². The molecule has 2 aliphatic heterocycles. The zero-order valence-electron chi connectivity index (χ0n) is 14.5. The van der Waals surface area contributed by atoms with Crippen LogP contribution in [0.4, 0.5) is 5.69 Å². The van der Waals surface area contributed by atoms with Crippen LogP contribution < -0.4 is 4.90 Å². The van der Waals surface area contributed by atoms with Crippen molar-refractivity contribution in [3.8, 4) is 11.4 Å². The summed E-state index contributed by atoms with van der Waals surface area (Å²) in [5.74, 6) is 1.06. The van der Waals surface area contributed by atoms with Crippen LogP contribution in [0.3, 0.4) is 0 Å². The molecule has 0 bridgehead atoms. The van der Waals surface area contributed by atoms with Crippen molar-refractivity contribution in [1.29, 1.82) is 0 Å². The smallest absolute Gasteiger partial charge is 0.140 e. The number of rotatable bonds is 7. The lowest BCUT2D eigenvalue weighted by atomic mass is 10.1. The molecule has 0 aliphatic carbocycles. The highest BCUT2D eigenvalue weighted by Crippen LogP contribution is 2.33. The van der Waals surface area contributed by atoms with Crippen molar-refractivity contribution in [3.05, 3.63) is 36.5 Å². The summed E-state index contributed by atoms with van der Waals surface area (Å²) >= 11 is 0. The third-order valence-corrected chi connectivity index (χ3v) is 4.57. The Morgan fingerprint density at radius 3 is 2.48 bits per heavy atom. The Morgan fingerprint density at radius 1 is 1.04 bits per heavy atom. The molecule has 2 aliphatic rings. The summed E-state index contributed by atoms with van der Waals surface area (Å²) in [5.41, 5.74) is 3.68. The number of hydrogen-bond donors (Lipinski definition) is 0. The lowest BCUT2D eigenvalue weighted by Gasteiger charge is -2.24. The summed E-state index contributed by atoms with van der Waals surface area (Å²) in [5, 5.41) is 1.27. The lowest BCUT2D eigenvalue weighted by Crippen LogP contribution is -2.25. The van der Waals surface area contributed by atoms with Gasteiger partial charge >= 0.3 is 0 Å². The van der Waals surface area contributed by atoms with E-state index >= 15 is 0 Å². The molecule has 0 unspecified atom stereocenters. The van der Waals surface area contributed by atoms with E-state index in [4.69, 9.17) is 4.98 Å². The monoisotopic (exact) mass is 309 g/mol. The first-order valence-electron chi connectivity index (χ1n) is 8.84. The van der Waals surface area contributed by atoms with Crippen molar-refractivity contribution in [2.24, 2.45) is 7.05 Å². The molecule has 1 aromatic carbocycles. The molecule has 0 atom stereocenters. The van der Waals surface area contributed by atoms with Crippen molar-refractivity contribution in [1.82, 2.24) is 9.55 Å². The predicted molar refractivity (Wildman–Crippen MR) is 99.4 cm³/mol. The van der Waals surface area contributed by atoms with E-state index in [9.17, 15) is 0 Å². The Balaban J connectivity index is 1.99. The number of benzene rings is 1. The number of unbranched alkanes of at least 4 members (excludes halogenated alkanes) is 2. The molecule has 0 N–H and O–H groups in total. The molecule has 0 aromatic heterocycles. The zero-order valence-corrected chi connectivity index (χ0v) is 14.5. The maximum absolute atomic E-state index is 4.78. The van der Waals surface area contributed by atoms with E-state index < -0.39 is 0 Å². The van der Waals surface area contributed by atoms with Gasteiger partial charge in [-0.25, -0.2) is 4.98 Å². The van der Waals surface area contributed by atoms with Crippen LogP contribution in [-0.4, -0.2) is 22.6 Å². The Labute approximate surface area is 139 Å². The van der Waals surface area contributed by atoms with Gasteiger partial charge in [0.1, 0.15) is 5.82 Å². The molecule has 0 radical (unpaired) electrons.